The van der Waals surface area contributed by atoms with Gasteiger partial charge >= 0.3 is 0 Å². The number of aromatic nitrogens is 1. The predicted octanol–water partition coefficient (Wildman–Crippen LogP) is 6.88. The van der Waals surface area contributed by atoms with Crippen LogP contribution in [0.5, 0.6) is 0 Å². The van der Waals surface area contributed by atoms with Gasteiger partial charge in [0.1, 0.15) is 5.78 Å². The highest BCUT2D eigenvalue weighted by atomic mass is 16.1. The molecule has 0 spiro atoms. The van der Waals surface area contributed by atoms with Crippen molar-refractivity contribution in [2.24, 2.45) is 18.9 Å². The Hall–Kier alpha value is -2.35. The summed E-state index contributed by atoms with van der Waals surface area (Å²) in [6.07, 6.45) is 9.37. The van der Waals surface area contributed by atoms with Crippen LogP contribution in [0.3, 0.4) is 0 Å². The molecule has 5 rings (SSSR count). The monoisotopic (exact) mass is 385 g/mol. The third-order valence-corrected chi connectivity index (χ3v) is 7.45. The van der Waals surface area contributed by atoms with Crippen LogP contribution in [0, 0.1) is 11.8 Å². The number of Topliss-reactive ketones (excluding diaryl/α,β-unsaturated/α-hetero) is 1. The Morgan fingerprint density at radius 2 is 1.69 bits per heavy atom. The fourth-order valence-electron chi connectivity index (χ4n) is 5.78. The van der Waals surface area contributed by atoms with E-state index < -0.39 is 0 Å². The third kappa shape index (κ3) is 3.54. The maximum Gasteiger partial charge on any atom is 0.139 e. The number of hydrogen-bond donors (Lipinski definition) is 0. The number of ketones is 1. The number of aryl methyl sites for hydroxylation is 1. The minimum Gasteiger partial charge on any atom is -0.344 e. The molecule has 2 aromatic carbocycles. The molecule has 150 valence electrons. The van der Waals surface area contributed by atoms with Gasteiger partial charge in [0.05, 0.1) is 0 Å². The second-order valence-corrected chi connectivity index (χ2v) is 9.22. The van der Waals surface area contributed by atoms with Gasteiger partial charge in [-0.25, -0.2) is 0 Å². The fraction of sp³-hybridized carbons (Fsp3) is 0.444. The Bertz CT molecular complexity index is 1020. The molecule has 0 amide bonds. The van der Waals surface area contributed by atoms with E-state index in [2.05, 4.69) is 66.2 Å². The first-order chi connectivity index (χ1) is 14.2. The molecule has 2 saturated carbocycles. The van der Waals surface area contributed by atoms with Crippen molar-refractivity contribution in [2.45, 2.75) is 57.3 Å². The number of fused-ring (bicyclic) bond motifs is 1. The topological polar surface area (TPSA) is 22.0 Å². The first kappa shape index (κ1) is 18.7. The molecular weight excluding hydrogens is 354 g/mol. The van der Waals surface area contributed by atoms with E-state index in [1.165, 1.54) is 47.0 Å². The standard InChI is InChI=1S/C27H31NO/c1-28-25-13-6-5-10-23(25)18-26(28)22-12-7-11-20(16-22)21-14-15-24(17-21)27(29)19-8-3-2-4-9-19/h5-7,10-13,16,18-19,21,24H,2-4,8-9,14-15,17H2,1H3. The summed E-state index contributed by atoms with van der Waals surface area (Å²) in [6.45, 7) is 0. The molecule has 3 aromatic rings. The Morgan fingerprint density at radius 1 is 0.862 bits per heavy atom. The van der Waals surface area contributed by atoms with Gasteiger partial charge in [-0.1, -0.05) is 55.7 Å². The highest BCUT2D eigenvalue weighted by Crippen LogP contribution is 2.42. The van der Waals surface area contributed by atoms with Gasteiger partial charge in [-0.2, -0.15) is 0 Å². The normalized spacial score (nSPS) is 22.9. The van der Waals surface area contributed by atoms with E-state index in [4.69, 9.17) is 0 Å². The SMILES string of the molecule is Cn1c(-c2cccc(C3CCC(C(=O)C4CCCCC4)C3)c2)cc2ccccc21. The van der Waals surface area contributed by atoms with Crippen LogP contribution < -0.4 is 0 Å². The Balaban J connectivity index is 1.36. The van der Waals surface area contributed by atoms with Crippen LogP contribution in [0.4, 0.5) is 0 Å². The van der Waals surface area contributed by atoms with Crippen molar-refractivity contribution in [1.29, 1.82) is 0 Å². The molecule has 2 aliphatic rings. The lowest BCUT2D eigenvalue weighted by molar-refractivity contribution is -0.127. The van der Waals surface area contributed by atoms with Crippen LogP contribution >= 0.6 is 0 Å². The summed E-state index contributed by atoms with van der Waals surface area (Å²) >= 11 is 0. The van der Waals surface area contributed by atoms with Gasteiger partial charge in [0.25, 0.3) is 0 Å². The van der Waals surface area contributed by atoms with Crippen LogP contribution in [0.15, 0.2) is 54.6 Å². The molecule has 0 aliphatic heterocycles. The largest absolute Gasteiger partial charge is 0.344 e. The number of hydrogen-bond acceptors (Lipinski definition) is 1. The Kier molecular flexibility index (Phi) is 5.03. The molecule has 1 heterocycles. The zero-order valence-electron chi connectivity index (χ0n) is 17.4. The van der Waals surface area contributed by atoms with Crippen molar-refractivity contribution in [1.82, 2.24) is 4.57 Å². The lowest BCUT2D eigenvalue weighted by atomic mass is 9.80. The summed E-state index contributed by atoms with van der Waals surface area (Å²) in [6, 6.07) is 19.9. The summed E-state index contributed by atoms with van der Waals surface area (Å²) < 4.78 is 2.29. The zero-order valence-corrected chi connectivity index (χ0v) is 17.4. The van der Waals surface area contributed by atoms with E-state index in [1.54, 1.807) is 0 Å². The van der Waals surface area contributed by atoms with E-state index in [-0.39, 0.29) is 0 Å². The van der Waals surface area contributed by atoms with E-state index in [0.29, 0.717) is 23.5 Å². The molecule has 2 atom stereocenters. The molecule has 2 aliphatic carbocycles. The summed E-state index contributed by atoms with van der Waals surface area (Å²) in [5.74, 6) is 1.76. The van der Waals surface area contributed by atoms with Crippen molar-refractivity contribution in [3.8, 4) is 11.3 Å². The van der Waals surface area contributed by atoms with E-state index in [0.717, 1.165) is 32.1 Å². The van der Waals surface area contributed by atoms with Crippen molar-refractivity contribution in [3.63, 3.8) is 0 Å². The van der Waals surface area contributed by atoms with Crippen LogP contribution in [0.25, 0.3) is 22.2 Å². The number of rotatable bonds is 4. The first-order valence-electron chi connectivity index (χ1n) is 11.4. The van der Waals surface area contributed by atoms with Crippen molar-refractivity contribution >= 4 is 16.7 Å². The lowest BCUT2D eigenvalue weighted by Gasteiger charge is -2.23. The average molecular weight is 386 g/mol. The van der Waals surface area contributed by atoms with E-state index in [9.17, 15) is 4.79 Å². The minimum absolute atomic E-state index is 0.296. The average Bonchev–Trinajstić information content (AvgIpc) is 3.40. The maximum atomic E-state index is 13.0. The van der Waals surface area contributed by atoms with Gasteiger partial charge < -0.3 is 4.57 Å². The molecule has 2 nitrogen and oxygen atoms in total. The predicted molar refractivity (Wildman–Crippen MR) is 120 cm³/mol. The molecule has 0 bridgehead atoms. The molecule has 29 heavy (non-hydrogen) atoms. The second-order valence-electron chi connectivity index (χ2n) is 9.22. The minimum atomic E-state index is 0.296. The second kappa shape index (κ2) is 7.82. The molecule has 2 fully saturated rings. The van der Waals surface area contributed by atoms with Crippen LogP contribution in [-0.2, 0) is 11.8 Å². The number of carbonyl (C=O) groups is 1. The first-order valence-corrected chi connectivity index (χ1v) is 11.4. The summed E-state index contributed by atoms with van der Waals surface area (Å²) in [5.41, 5.74) is 5.22. The molecule has 1 aromatic heterocycles. The zero-order chi connectivity index (χ0) is 19.8. The highest BCUT2D eigenvalue weighted by molar-refractivity contribution is 5.87. The molecular formula is C27H31NO. The smallest absolute Gasteiger partial charge is 0.139 e. The highest BCUT2D eigenvalue weighted by Gasteiger charge is 2.34. The van der Waals surface area contributed by atoms with Gasteiger partial charge in [0, 0.05) is 35.5 Å². The van der Waals surface area contributed by atoms with Gasteiger partial charge in [0.15, 0.2) is 0 Å². The van der Waals surface area contributed by atoms with Crippen LogP contribution in [-0.4, -0.2) is 10.4 Å². The summed E-state index contributed by atoms with van der Waals surface area (Å²) in [5, 5.41) is 1.29. The van der Waals surface area contributed by atoms with E-state index in [1.807, 2.05) is 0 Å². The summed E-state index contributed by atoms with van der Waals surface area (Å²) in [4.78, 5) is 13.0. The van der Waals surface area contributed by atoms with Crippen molar-refractivity contribution < 1.29 is 4.79 Å². The Labute approximate surface area is 173 Å². The quantitative estimate of drug-likeness (QED) is 0.480. The van der Waals surface area contributed by atoms with Crippen LogP contribution in [0.1, 0.15) is 62.8 Å². The molecule has 0 saturated heterocycles. The fourth-order valence-corrected chi connectivity index (χ4v) is 5.78. The number of para-hydroxylation sites is 1. The molecule has 2 unspecified atom stereocenters. The number of nitrogens with zero attached hydrogens (tertiary/aromatic N) is 1. The lowest BCUT2D eigenvalue weighted by Crippen LogP contribution is -2.24. The van der Waals surface area contributed by atoms with Crippen LogP contribution in [0.2, 0.25) is 0 Å². The molecule has 0 radical (unpaired) electrons. The van der Waals surface area contributed by atoms with Gasteiger partial charge in [0.2, 0.25) is 0 Å². The molecule has 0 N–H and O–H groups in total. The van der Waals surface area contributed by atoms with Gasteiger partial charge in [-0.3, -0.25) is 4.79 Å². The molecule has 2 heteroatoms. The van der Waals surface area contributed by atoms with Gasteiger partial charge in [-0.15, -0.1) is 0 Å². The third-order valence-electron chi connectivity index (χ3n) is 7.45. The number of carbonyl (C=O) groups excluding carboxylic acids is 1. The van der Waals surface area contributed by atoms with Gasteiger partial charge in [-0.05, 0) is 67.3 Å². The maximum absolute atomic E-state index is 13.0. The van der Waals surface area contributed by atoms with E-state index >= 15 is 0 Å². The van der Waals surface area contributed by atoms with Crippen molar-refractivity contribution in [3.05, 3.63) is 60.2 Å². The van der Waals surface area contributed by atoms with Crippen molar-refractivity contribution in [2.75, 3.05) is 0 Å². The summed E-state index contributed by atoms with van der Waals surface area (Å²) in [7, 11) is 2.15. The Morgan fingerprint density at radius 3 is 2.52 bits per heavy atom. The number of benzene rings is 2.